The highest BCUT2D eigenvalue weighted by atomic mass is 16.3. The van der Waals surface area contributed by atoms with Crippen LogP contribution in [0.2, 0.25) is 0 Å². The first kappa shape index (κ1) is 19.7. The Balaban J connectivity index is 1.25. The summed E-state index contributed by atoms with van der Waals surface area (Å²) in [6.45, 7) is 0. The largest absolute Gasteiger partial charge is 0.393 e. The molecule has 0 radical (unpaired) electrons. The van der Waals surface area contributed by atoms with Crippen LogP contribution in [0.3, 0.4) is 0 Å². The lowest BCUT2D eigenvalue weighted by atomic mass is 9.92. The molecule has 4 aromatic heterocycles. The van der Waals surface area contributed by atoms with E-state index in [1.807, 2.05) is 33.8 Å². The molecule has 0 unspecified atom stereocenters. The molecule has 1 aliphatic heterocycles. The van der Waals surface area contributed by atoms with Gasteiger partial charge in [-0.2, -0.15) is 15.2 Å². The van der Waals surface area contributed by atoms with Gasteiger partial charge in [0, 0.05) is 29.6 Å². The third-order valence-electron chi connectivity index (χ3n) is 7.46. The van der Waals surface area contributed by atoms with E-state index < -0.39 is 5.41 Å². The van der Waals surface area contributed by atoms with Gasteiger partial charge in [-0.05, 0) is 50.7 Å². The number of nitrogens with zero attached hydrogens (tertiary/aromatic N) is 6. The van der Waals surface area contributed by atoms with Crippen molar-refractivity contribution in [3.8, 4) is 11.3 Å². The number of carbonyl (C=O) groups is 1. The van der Waals surface area contributed by atoms with Crippen LogP contribution < -0.4 is 10.2 Å². The highest BCUT2D eigenvalue weighted by molar-refractivity contribution is 6.09. The molecule has 34 heavy (non-hydrogen) atoms. The smallest absolute Gasteiger partial charge is 0.239 e. The van der Waals surface area contributed by atoms with E-state index in [4.69, 9.17) is 4.98 Å². The number of aliphatic hydroxyl groups excluding tert-OH is 1. The van der Waals surface area contributed by atoms with E-state index in [-0.39, 0.29) is 18.1 Å². The zero-order chi connectivity index (χ0) is 22.9. The van der Waals surface area contributed by atoms with Gasteiger partial charge < -0.3 is 10.4 Å². The van der Waals surface area contributed by atoms with Crippen molar-refractivity contribution in [1.82, 2.24) is 29.8 Å². The van der Waals surface area contributed by atoms with E-state index >= 15 is 0 Å². The van der Waals surface area contributed by atoms with E-state index in [0.717, 1.165) is 60.1 Å². The standard InChI is InChI=1S/C24H24N8O2/c33-15-5-3-4-14(10-15)32-21-17(24(7-8-24)22(32)34)12-25-23(29-21)28-18-13-26-30-20(18)16-11-27-31-9-2-1-6-19(16)31/h1-2,6,9,11-15,33H,3-5,7-8,10H2,(H,26,30)(H,25,28,29)/t14-,15-/m1/s1. The third kappa shape index (κ3) is 2.81. The van der Waals surface area contributed by atoms with Crippen molar-refractivity contribution in [2.45, 2.75) is 56.1 Å². The summed E-state index contributed by atoms with van der Waals surface area (Å²) in [7, 11) is 0. The van der Waals surface area contributed by atoms with Crippen LogP contribution in [-0.2, 0) is 10.2 Å². The van der Waals surface area contributed by atoms with Crippen LogP contribution in [0.1, 0.15) is 44.1 Å². The maximum absolute atomic E-state index is 13.4. The second-order valence-corrected chi connectivity index (χ2v) is 9.53. The quantitative estimate of drug-likeness (QED) is 0.431. The van der Waals surface area contributed by atoms with Crippen LogP contribution in [0.15, 0.2) is 43.0 Å². The number of pyridine rings is 1. The highest BCUT2D eigenvalue weighted by Crippen LogP contribution is 2.57. The van der Waals surface area contributed by atoms with Gasteiger partial charge in [0.1, 0.15) is 5.82 Å². The molecule has 4 aromatic rings. The van der Waals surface area contributed by atoms with Gasteiger partial charge in [-0.25, -0.2) is 9.50 Å². The molecule has 0 bridgehead atoms. The lowest BCUT2D eigenvalue weighted by Crippen LogP contribution is -2.44. The Kier molecular flexibility index (Phi) is 4.11. The normalized spacial score (nSPS) is 23.0. The van der Waals surface area contributed by atoms with Gasteiger partial charge in [-0.3, -0.25) is 14.8 Å². The molecule has 2 saturated carbocycles. The molecule has 3 N–H and O–H groups in total. The molecule has 0 aromatic carbocycles. The van der Waals surface area contributed by atoms with Crippen molar-refractivity contribution in [1.29, 1.82) is 0 Å². The number of anilines is 3. The summed E-state index contributed by atoms with van der Waals surface area (Å²) in [5, 5.41) is 25.2. The van der Waals surface area contributed by atoms with Crippen LogP contribution >= 0.6 is 0 Å². The topological polar surface area (TPSA) is 124 Å². The number of carbonyl (C=O) groups excluding carboxylic acids is 1. The molecule has 3 aliphatic rings. The maximum atomic E-state index is 13.4. The lowest BCUT2D eigenvalue weighted by molar-refractivity contribution is -0.121. The molecule has 1 amide bonds. The van der Waals surface area contributed by atoms with E-state index in [2.05, 4.69) is 25.6 Å². The van der Waals surface area contributed by atoms with Crippen molar-refractivity contribution in [3.05, 3.63) is 48.5 Å². The van der Waals surface area contributed by atoms with Gasteiger partial charge in [-0.1, -0.05) is 6.07 Å². The van der Waals surface area contributed by atoms with Crippen molar-refractivity contribution in [2.24, 2.45) is 0 Å². The van der Waals surface area contributed by atoms with Crippen LogP contribution in [0, 0.1) is 0 Å². The Labute approximate surface area is 195 Å². The minimum absolute atomic E-state index is 0.0269. The Morgan fingerprint density at radius 3 is 2.94 bits per heavy atom. The molecule has 1 spiro atoms. The number of hydrogen-bond donors (Lipinski definition) is 3. The number of H-pyrrole nitrogens is 1. The number of rotatable bonds is 4. The second kappa shape index (κ2) is 7.10. The SMILES string of the molecule is O=C1N([C@@H]2CCC[C@@H](O)C2)c2nc(Nc3cn[nH]c3-c3cnn4ccccc34)ncc2C12CC2. The van der Waals surface area contributed by atoms with Gasteiger partial charge in [-0.15, -0.1) is 0 Å². The lowest BCUT2D eigenvalue weighted by Gasteiger charge is -2.33. The Hall–Kier alpha value is -3.79. The average Bonchev–Trinajstić information content (AvgIpc) is 3.23. The van der Waals surface area contributed by atoms with Crippen LogP contribution in [0.5, 0.6) is 0 Å². The molecule has 2 atom stereocenters. The Bertz CT molecular complexity index is 1420. The Morgan fingerprint density at radius 1 is 1.18 bits per heavy atom. The van der Waals surface area contributed by atoms with Gasteiger partial charge >= 0.3 is 0 Å². The number of fused-ring (bicyclic) bond motifs is 3. The van der Waals surface area contributed by atoms with E-state index in [1.54, 1.807) is 18.6 Å². The first-order valence-corrected chi connectivity index (χ1v) is 11.8. The minimum atomic E-state index is -0.464. The summed E-state index contributed by atoms with van der Waals surface area (Å²) >= 11 is 0. The molecular weight excluding hydrogens is 432 g/mol. The van der Waals surface area contributed by atoms with Crippen molar-refractivity contribution >= 4 is 28.9 Å². The molecule has 10 heteroatoms. The van der Waals surface area contributed by atoms with Gasteiger partial charge in [0.25, 0.3) is 0 Å². The van der Waals surface area contributed by atoms with Crippen LogP contribution in [0.25, 0.3) is 16.8 Å². The predicted molar refractivity (Wildman–Crippen MR) is 125 cm³/mol. The van der Waals surface area contributed by atoms with Crippen LogP contribution in [-0.4, -0.2) is 52.9 Å². The summed E-state index contributed by atoms with van der Waals surface area (Å²) in [4.78, 5) is 24.7. The zero-order valence-electron chi connectivity index (χ0n) is 18.5. The van der Waals surface area contributed by atoms with Crippen molar-refractivity contribution < 1.29 is 9.90 Å². The molecular formula is C24H24N8O2. The molecule has 172 valence electrons. The monoisotopic (exact) mass is 456 g/mol. The number of aliphatic hydroxyl groups is 1. The molecule has 10 nitrogen and oxygen atoms in total. The highest BCUT2D eigenvalue weighted by Gasteiger charge is 2.61. The first-order valence-electron chi connectivity index (χ1n) is 11.8. The molecule has 2 aliphatic carbocycles. The fourth-order valence-electron chi connectivity index (χ4n) is 5.55. The predicted octanol–water partition coefficient (Wildman–Crippen LogP) is 2.94. The number of aromatic nitrogens is 6. The van der Waals surface area contributed by atoms with Crippen molar-refractivity contribution in [3.63, 3.8) is 0 Å². The van der Waals surface area contributed by atoms with Gasteiger partial charge in [0.15, 0.2) is 0 Å². The summed E-state index contributed by atoms with van der Waals surface area (Å²) < 4.78 is 1.81. The zero-order valence-corrected chi connectivity index (χ0v) is 18.5. The fraction of sp³-hybridized carbons (Fsp3) is 0.375. The molecule has 5 heterocycles. The van der Waals surface area contributed by atoms with Gasteiger partial charge in [0.05, 0.1) is 40.8 Å². The molecule has 0 saturated heterocycles. The van der Waals surface area contributed by atoms with E-state index in [9.17, 15) is 9.90 Å². The Morgan fingerprint density at radius 2 is 2.09 bits per heavy atom. The number of hydrogen-bond acceptors (Lipinski definition) is 7. The van der Waals surface area contributed by atoms with E-state index in [0.29, 0.717) is 18.2 Å². The average molecular weight is 457 g/mol. The molecule has 2 fully saturated rings. The van der Waals surface area contributed by atoms with Crippen molar-refractivity contribution in [2.75, 3.05) is 10.2 Å². The first-order chi connectivity index (χ1) is 16.6. The third-order valence-corrected chi connectivity index (χ3v) is 7.46. The summed E-state index contributed by atoms with van der Waals surface area (Å²) in [5.74, 6) is 1.20. The fourth-order valence-corrected chi connectivity index (χ4v) is 5.55. The van der Waals surface area contributed by atoms with Crippen LogP contribution in [0.4, 0.5) is 17.5 Å². The summed E-state index contributed by atoms with van der Waals surface area (Å²) in [6, 6.07) is 5.87. The second-order valence-electron chi connectivity index (χ2n) is 9.53. The van der Waals surface area contributed by atoms with Gasteiger partial charge in [0.2, 0.25) is 11.9 Å². The maximum Gasteiger partial charge on any atom is 0.239 e. The number of aromatic amines is 1. The minimum Gasteiger partial charge on any atom is -0.393 e. The number of amides is 1. The molecule has 7 rings (SSSR count). The summed E-state index contributed by atoms with van der Waals surface area (Å²) in [6.07, 6.45) is 11.7. The van der Waals surface area contributed by atoms with E-state index in [1.165, 1.54) is 0 Å². The summed E-state index contributed by atoms with van der Waals surface area (Å²) in [5.41, 5.74) is 3.82. The number of nitrogens with one attached hydrogen (secondary N) is 2.